The predicted molar refractivity (Wildman–Crippen MR) is 89.7 cm³/mol. The molecule has 6 nitrogen and oxygen atoms in total. The Balaban J connectivity index is 0.00000242. The fraction of sp³-hybridized carbons (Fsp3) is 0.929. The Bertz CT molecular complexity index is 452. The summed E-state index contributed by atoms with van der Waals surface area (Å²) >= 11 is 0. The number of carbonyl (C=O) groups excluding carboxylic acids is 1. The maximum absolute atomic E-state index is 12.5. The van der Waals surface area contributed by atoms with E-state index in [1.165, 1.54) is 4.31 Å². The Hall–Kier alpha value is -0.370. The summed E-state index contributed by atoms with van der Waals surface area (Å²) in [5, 5.41) is 6.28. The summed E-state index contributed by atoms with van der Waals surface area (Å²) < 4.78 is 26.1. The fourth-order valence-electron chi connectivity index (χ4n) is 3.15. The number of hydrogen-bond acceptors (Lipinski definition) is 4. The zero-order chi connectivity index (χ0) is 15.3. The van der Waals surface area contributed by atoms with Crippen molar-refractivity contribution in [2.45, 2.75) is 57.5 Å². The van der Waals surface area contributed by atoms with E-state index in [1.807, 2.05) is 6.92 Å². The van der Waals surface area contributed by atoms with Gasteiger partial charge in [-0.2, -0.15) is 4.31 Å². The minimum atomic E-state index is -3.31. The van der Waals surface area contributed by atoms with Crippen LogP contribution < -0.4 is 10.6 Å². The number of carbonyl (C=O) groups is 1. The molecule has 0 aromatic carbocycles. The van der Waals surface area contributed by atoms with E-state index in [4.69, 9.17) is 0 Å². The molecule has 1 amide bonds. The first-order valence-corrected chi connectivity index (χ1v) is 9.66. The zero-order valence-electron chi connectivity index (χ0n) is 13.2. The van der Waals surface area contributed by atoms with E-state index >= 15 is 0 Å². The second-order valence-electron chi connectivity index (χ2n) is 5.99. The third-order valence-electron chi connectivity index (χ3n) is 4.22. The van der Waals surface area contributed by atoms with Crippen LogP contribution in [0.25, 0.3) is 0 Å². The molecular formula is C14H28ClN3O3S. The van der Waals surface area contributed by atoms with Gasteiger partial charge in [0.15, 0.2) is 0 Å². The van der Waals surface area contributed by atoms with E-state index < -0.39 is 16.1 Å². The molecule has 22 heavy (non-hydrogen) atoms. The van der Waals surface area contributed by atoms with Gasteiger partial charge >= 0.3 is 0 Å². The normalized spacial score (nSPS) is 27.0. The van der Waals surface area contributed by atoms with Crippen LogP contribution in [-0.4, -0.2) is 56.1 Å². The molecule has 130 valence electrons. The Morgan fingerprint density at radius 2 is 2.05 bits per heavy atom. The molecular weight excluding hydrogens is 326 g/mol. The van der Waals surface area contributed by atoms with Crippen LogP contribution in [0.2, 0.25) is 0 Å². The third-order valence-corrected chi connectivity index (χ3v) is 6.29. The predicted octanol–water partition coefficient (Wildman–Crippen LogP) is 0.871. The van der Waals surface area contributed by atoms with Gasteiger partial charge < -0.3 is 10.6 Å². The van der Waals surface area contributed by atoms with Gasteiger partial charge in [-0.15, -0.1) is 12.4 Å². The van der Waals surface area contributed by atoms with Crippen LogP contribution >= 0.6 is 12.4 Å². The van der Waals surface area contributed by atoms with Crippen LogP contribution in [0.15, 0.2) is 0 Å². The number of amides is 1. The summed E-state index contributed by atoms with van der Waals surface area (Å²) in [5.74, 6) is 0.00460. The number of nitrogens with one attached hydrogen (secondary N) is 2. The molecule has 2 atom stereocenters. The highest BCUT2D eigenvalue weighted by Gasteiger charge is 2.36. The van der Waals surface area contributed by atoms with Crippen molar-refractivity contribution >= 4 is 28.3 Å². The molecule has 0 aliphatic carbocycles. The average molecular weight is 354 g/mol. The minimum Gasteiger partial charge on any atom is -0.351 e. The van der Waals surface area contributed by atoms with Gasteiger partial charge in [-0.25, -0.2) is 8.42 Å². The molecule has 0 bridgehead atoms. The van der Waals surface area contributed by atoms with Crippen LogP contribution in [0.1, 0.15) is 45.4 Å². The maximum atomic E-state index is 12.5. The van der Waals surface area contributed by atoms with Gasteiger partial charge in [0.1, 0.15) is 6.04 Å². The van der Waals surface area contributed by atoms with Crippen molar-refractivity contribution in [3.05, 3.63) is 0 Å². The van der Waals surface area contributed by atoms with Gasteiger partial charge in [0.2, 0.25) is 15.9 Å². The largest absolute Gasteiger partial charge is 0.351 e. The number of nitrogens with zero attached hydrogens (tertiary/aromatic N) is 1. The van der Waals surface area contributed by atoms with Crippen LogP contribution in [0.4, 0.5) is 0 Å². The van der Waals surface area contributed by atoms with Gasteiger partial charge in [0.25, 0.3) is 0 Å². The van der Waals surface area contributed by atoms with Crippen molar-refractivity contribution < 1.29 is 13.2 Å². The SMILES string of the molecule is CCCS(=O)(=O)N1CCCCC1C(=O)N[C@H]1CCCNC1.Cl. The number of hydrogen-bond donors (Lipinski definition) is 2. The topological polar surface area (TPSA) is 78.5 Å². The van der Waals surface area contributed by atoms with E-state index in [0.717, 1.165) is 38.8 Å². The Kier molecular flexibility index (Phi) is 8.10. The summed E-state index contributed by atoms with van der Waals surface area (Å²) in [6.07, 6.45) is 4.99. The summed E-state index contributed by atoms with van der Waals surface area (Å²) in [4.78, 5) is 12.5. The molecule has 8 heteroatoms. The summed E-state index contributed by atoms with van der Waals surface area (Å²) in [6.45, 7) is 4.10. The van der Waals surface area contributed by atoms with Gasteiger partial charge in [0.05, 0.1) is 5.75 Å². The molecule has 0 aromatic heterocycles. The summed E-state index contributed by atoms with van der Waals surface area (Å²) in [5.41, 5.74) is 0. The highest BCUT2D eigenvalue weighted by molar-refractivity contribution is 7.89. The van der Waals surface area contributed by atoms with Crippen molar-refractivity contribution in [2.24, 2.45) is 0 Å². The first kappa shape index (κ1) is 19.7. The van der Waals surface area contributed by atoms with Gasteiger partial charge in [-0.05, 0) is 38.6 Å². The Morgan fingerprint density at radius 1 is 1.27 bits per heavy atom. The van der Waals surface area contributed by atoms with Crippen molar-refractivity contribution in [3.63, 3.8) is 0 Å². The number of rotatable bonds is 5. The van der Waals surface area contributed by atoms with Crippen LogP contribution in [0.3, 0.4) is 0 Å². The van der Waals surface area contributed by atoms with Crippen LogP contribution in [0.5, 0.6) is 0 Å². The number of piperidine rings is 2. The van der Waals surface area contributed by atoms with Gasteiger partial charge in [-0.3, -0.25) is 4.79 Å². The lowest BCUT2D eigenvalue weighted by Crippen LogP contribution is -2.56. The van der Waals surface area contributed by atoms with E-state index in [0.29, 0.717) is 19.4 Å². The Labute approximate surface area is 139 Å². The monoisotopic (exact) mass is 353 g/mol. The molecule has 0 aromatic rings. The maximum Gasteiger partial charge on any atom is 0.238 e. The molecule has 2 heterocycles. The molecule has 0 spiro atoms. The Morgan fingerprint density at radius 3 is 2.68 bits per heavy atom. The average Bonchev–Trinajstić information content (AvgIpc) is 2.48. The van der Waals surface area contributed by atoms with Crippen molar-refractivity contribution in [1.82, 2.24) is 14.9 Å². The van der Waals surface area contributed by atoms with Crippen LogP contribution in [0, 0.1) is 0 Å². The van der Waals surface area contributed by atoms with E-state index in [-0.39, 0.29) is 30.1 Å². The molecule has 2 aliphatic heterocycles. The van der Waals surface area contributed by atoms with Gasteiger partial charge in [-0.1, -0.05) is 13.3 Å². The zero-order valence-corrected chi connectivity index (χ0v) is 14.8. The summed E-state index contributed by atoms with van der Waals surface area (Å²) in [7, 11) is -3.31. The third kappa shape index (κ3) is 5.08. The molecule has 1 unspecified atom stereocenters. The quantitative estimate of drug-likeness (QED) is 0.768. The lowest BCUT2D eigenvalue weighted by atomic mass is 10.0. The lowest BCUT2D eigenvalue weighted by molar-refractivity contribution is -0.126. The highest BCUT2D eigenvalue weighted by Crippen LogP contribution is 2.21. The van der Waals surface area contributed by atoms with E-state index in [9.17, 15) is 13.2 Å². The number of sulfonamides is 1. The number of halogens is 1. The fourth-order valence-corrected chi connectivity index (χ4v) is 4.89. The van der Waals surface area contributed by atoms with Crippen molar-refractivity contribution in [3.8, 4) is 0 Å². The smallest absolute Gasteiger partial charge is 0.238 e. The van der Waals surface area contributed by atoms with Crippen molar-refractivity contribution in [1.29, 1.82) is 0 Å². The molecule has 2 aliphatic rings. The molecule has 2 fully saturated rings. The van der Waals surface area contributed by atoms with E-state index in [1.54, 1.807) is 0 Å². The lowest BCUT2D eigenvalue weighted by Gasteiger charge is -2.35. The standard InChI is InChI=1S/C14H27N3O3S.ClH/c1-2-10-21(19,20)17-9-4-3-7-13(17)14(18)16-12-6-5-8-15-11-12;/h12-13,15H,2-11H2,1H3,(H,16,18);1H/t12-,13?;/m0./s1. The van der Waals surface area contributed by atoms with Crippen LogP contribution in [-0.2, 0) is 14.8 Å². The second kappa shape index (κ2) is 9.05. The minimum absolute atomic E-state index is 0. The first-order chi connectivity index (χ1) is 10.0. The summed E-state index contributed by atoms with van der Waals surface area (Å²) in [6, 6.07) is -0.388. The molecule has 2 rings (SSSR count). The first-order valence-electron chi connectivity index (χ1n) is 8.05. The van der Waals surface area contributed by atoms with E-state index in [2.05, 4.69) is 10.6 Å². The molecule has 0 radical (unpaired) electrons. The molecule has 0 saturated carbocycles. The van der Waals surface area contributed by atoms with Gasteiger partial charge in [0, 0.05) is 19.1 Å². The highest BCUT2D eigenvalue weighted by atomic mass is 35.5. The second-order valence-corrected chi connectivity index (χ2v) is 8.03. The molecule has 2 N–H and O–H groups in total. The van der Waals surface area contributed by atoms with Crippen molar-refractivity contribution in [2.75, 3.05) is 25.4 Å². The molecule has 2 saturated heterocycles.